The van der Waals surface area contributed by atoms with Crippen molar-refractivity contribution in [2.75, 3.05) is 20.1 Å². The molecular formula is C17H22N2O2. The van der Waals surface area contributed by atoms with Gasteiger partial charge in [-0.05, 0) is 26.0 Å². The minimum Gasteiger partial charge on any atom is -0.389 e. The molecule has 0 bridgehead atoms. The molecule has 21 heavy (non-hydrogen) atoms. The Morgan fingerprint density at radius 1 is 1.33 bits per heavy atom. The molecule has 1 aromatic heterocycles. The zero-order valence-electron chi connectivity index (χ0n) is 12.4. The largest absolute Gasteiger partial charge is 0.389 e. The number of rotatable bonds is 5. The molecule has 1 fully saturated rings. The molecule has 0 atom stereocenters. The number of carbonyl (C=O) groups is 1. The van der Waals surface area contributed by atoms with Crippen LogP contribution in [-0.4, -0.2) is 46.5 Å². The van der Waals surface area contributed by atoms with Gasteiger partial charge in [0, 0.05) is 29.2 Å². The van der Waals surface area contributed by atoms with Crippen molar-refractivity contribution in [3.8, 4) is 0 Å². The molecule has 4 heteroatoms. The number of carbonyl (C=O) groups excluding carboxylic acids is 1. The van der Waals surface area contributed by atoms with E-state index >= 15 is 0 Å². The highest BCUT2D eigenvalue weighted by Crippen LogP contribution is 2.30. The maximum absolute atomic E-state index is 12.5. The second-order valence-corrected chi connectivity index (χ2v) is 6.27. The highest BCUT2D eigenvalue weighted by atomic mass is 16.3. The fourth-order valence-corrected chi connectivity index (χ4v) is 3.38. The molecule has 3 rings (SSSR count). The molecule has 2 N–H and O–H groups in total. The third-order valence-electron chi connectivity index (χ3n) is 4.40. The van der Waals surface area contributed by atoms with Crippen LogP contribution in [0.3, 0.4) is 0 Å². The lowest BCUT2D eigenvalue weighted by Gasteiger charge is -2.28. The summed E-state index contributed by atoms with van der Waals surface area (Å²) in [5, 5.41) is 11.4. The molecule has 0 aliphatic heterocycles. The van der Waals surface area contributed by atoms with Gasteiger partial charge in [0.15, 0.2) is 5.78 Å². The van der Waals surface area contributed by atoms with Crippen LogP contribution in [-0.2, 0) is 0 Å². The number of aromatic nitrogens is 1. The summed E-state index contributed by atoms with van der Waals surface area (Å²) in [6, 6.07) is 7.83. The number of benzene rings is 1. The molecule has 1 saturated carbocycles. The Balaban J connectivity index is 1.68. The molecule has 0 radical (unpaired) electrons. The van der Waals surface area contributed by atoms with E-state index in [1.807, 2.05) is 36.2 Å². The third kappa shape index (κ3) is 3.01. The molecule has 1 aliphatic carbocycles. The van der Waals surface area contributed by atoms with Crippen LogP contribution in [0.15, 0.2) is 30.5 Å². The van der Waals surface area contributed by atoms with Gasteiger partial charge in [0.05, 0.1) is 12.1 Å². The molecule has 112 valence electrons. The number of fused-ring (bicyclic) bond motifs is 1. The van der Waals surface area contributed by atoms with Gasteiger partial charge in [-0.1, -0.05) is 31.0 Å². The number of ketones is 1. The standard InChI is InChI=1S/C17H22N2O2/c1-19(12-17(21)8-4-5-9-17)11-16(20)14-10-18-15-7-3-2-6-13(14)15/h2-3,6-7,10,18,21H,4-5,8-9,11-12H2,1H3. The molecular weight excluding hydrogens is 264 g/mol. The molecule has 1 heterocycles. The molecule has 1 aromatic carbocycles. The van der Waals surface area contributed by atoms with Crippen LogP contribution in [0, 0.1) is 0 Å². The summed E-state index contributed by atoms with van der Waals surface area (Å²) in [6.07, 6.45) is 5.64. The Labute approximate surface area is 124 Å². The predicted molar refractivity (Wildman–Crippen MR) is 83.5 cm³/mol. The van der Waals surface area contributed by atoms with E-state index in [1.54, 1.807) is 6.20 Å². The van der Waals surface area contributed by atoms with E-state index in [0.29, 0.717) is 13.1 Å². The van der Waals surface area contributed by atoms with Gasteiger partial charge in [-0.3, -0.25) is 9.69 Å². The SMILES string of the molecule is CN(CC(=O)c1c[nH]c2ccccc12)CC1(O)CCCC1. The first-order valence-corrected chi connectivity index (χ1v) is 7.58. The van der Waals surface area contributed by atoms with Gasteiger partial charge in [0.1, 0.15) is 0 Å². The number of hydrogen-bond acceptors (Lipinski definition) is 3. The number of aromatic amines is 1. The summed E-state index contributed by atoms with van der Waals surface area (Å²) >= 11 is 0. The number of nitrogens with one attached hydrogen (secondary N) is 1. The number of likely N-dealkylation sites (N-methyl/N-ethyl adjacent to an activating group) is 1. The maximum atomic E-state index is 12.5. The molecule has 0 amide bonds. The monoisotopic (exact) mass is 286 g/mol. The number of hydrogen-bond donors (Lipinski definition) is 2. The first-order chi connectivity index (χ1) is 10.1. The van der Waals surface area contributed by atoms with Crippen molar-refractivity contribution < 1.29 is 9.90 Å². The first-order valence-electron chi connectivity index (χ1n) is 7.58. The average molecular weight is 286 g/mol. The predicted octanol–water partition coefficient (Wildman–Crippen LogP) is 2.59. The zero-order valence-corrected chi connectivity index (χ0v) is 12.4. The van der Waals surface area contributed by atoms with E-state index in [9.17, 15) is 9.90 Å². The summed E-state index contributed by atoms with van der Waals surface area (Å²) in [5.41, 5.74) is 1.11. The highest BCUT2D eigenvalue weighted by Gasteiger charge is 2.32. The lowest BCUT2D eigenvalue weighted by atomic mass is 10.0. The summed E-state index contributed by atoms with van der Waals surface area (Å²) in [7, 11) is 1.91. The van der Waals surface area contributed by atoms with Gasteiger partial charge in [-0.15, -0.1) is 0 Å². The van der Waals surface area contributed by atoms with Gasteiger partial charge in [0.25, 0.3) is 0 Å². The topological polar surface area (TPSA) is 56.3 Å². The van der Waals surface area contributed by atoms with Crippen molar-refractivity contribution in [3.05, 3.63) is 36.0 Å². The Bertz CT molecular complexity index is 641. The van der Waals surface area contributed by atoms with E-state index in [4.69, 9.17) is 0 Å². The third-order valence-corrected chi connectivity index (χ3v) is 4.40. The van der Waals surface area contributed by atoms with E-state index in [0.717, 1.165) is 42.1 Å². The Morgan fingerprint density at radius 3 is 2.81 bits per heavy atom. The quantitative estimate of drug-likeness (QED) is 0.831. The van der Waals surface area contributed by atoms with E-state index in [2.05, 4.69) is 4.98 Å². The lowest BCUT2D eigenvalue weighted by molar-refractivity contribution is 0.0172. The number of nitrogens with zero attached hydrogens (tertiary/aromatic N) is 1. The van der Waals surface area contributed by atoms with Crippen molar-refractivity contribution in [3.63, 3.8) is 0 Å². The van der Waals surface area contributed by atoms with Gasteiger partial charge >= 0.3 is 0 Å². The molecule has 4 nitrogen and oxygen atoms in total. The fraction of sp³-hybridized carbons (Fsp3) is 0.471. The van der Waals surface area contributed by atoms with E-state index in [-0.39, 0.29) is 5.78 Å². The van der Waals surface area contributed by atoms with Gasteiger partial charge in [0.2, 0.25) is 0 Å². The van der Waals surface area contributed by atoms with Gasteiger partial charge in [-0.2, -0.15) is 0 Å². The van der Waals surface area contributed by atoms with Crippen molar-refractivity contribution in [1.82, 2.24) is 9.88 Å². The number of aliphatic hydroxyl groups is 1. The van der Waals surface area contributed by atoms with Crippen LogP contribution in [0.5, 0.6) is 0 Å². The lowest BCUT2D eigenvalue weighted by Crippen LogP contribution is -2.41. The normalized spacial score (nSPS) is 17.7. The van der Waals surface area contributed by atoms with E-state index in [1.165, 1.54) is 0 Å². The molecule has 2 aromatic rings. The zero-order chi connectivity index (χ0) is 14.9. The van der Waals surface area contributed by atoms with E-state index < -0.39 is 5.60 Å². The Kier molecular flexibility index (Phi) is 3.83. The highest BCUT2D eigenvalue weighted by molar-refractivity contribution is 6.08. The van der Waals surface area contributed by atoms with Crippen molar-refractivity contribution >= 4 is 16.7 Å². The maximum Gasteiger partial charge on any atom is 0.178 e. The summed E-state index contributed by atoms with van der Waals surface area (Å²) in [4.78, 5) is 17.5. The fourth-order valence-electron chi connectivity index (χ4n) is 3.38. The first kappa shape index (κ1) is 14.3. The molecule has 0 saturated heterocycles. The van der Waals surface area contributed by atoms with Crippen LogP contribution in [0.1, 0.15) is 36.0 Å². The molecule has 0 unspecified atom stereocenters. The summed E-state index contributed by atoms with van der Waals surface area (Å²) < 4.78 is 0. The minimum atomic E-state index is -0.602. The van der Waals surface area contributed by atoms with Gasteiger partial charge < -0.3 is 10.1 Å². The second-order valence-electron chi connectivity index (χ2n) is 6.27. The van der Waals surface area contributed by atoms with Crippen LogP contribution >= 0.6 is 0 Å². The minimum absolute atomic E-state index is 0.0940. The number of Topliss-reactive ketones (excluding diaryl/α,β-unsaturated/α-hetero) is 1. The van der Waals surface area contributed by atoms with Gasteiger partial charge in [-0.25, -0.2) is 0 Å². The molecule has 0 spiro atoms. The number of para-hydroxylation sites is 1. The van der Waals surface area contributed by atoms with Crippen molar-refractivity contribution in [2.45, 2.75) is 31.3 Å². The van der Waals surface area contributed by atoms with Crippen molar-refractivity contribution in [1.29, 1.82) is 0 Å². The smallest absolute Gasteiger partial charge is 0.178 e. The average Bonchev–Trinajstić information content (AvgIpc) is 3.04. The second kappa shape index (κ2) is 5.62. The van der Waals surface area contributed by atoms with Crippen LogP contribution in [0.25, 0.3) is 10.9 Å². The summed E-state index contributed by atoms with van der Waals surface area (Å²) in [5.74, 6) is 0.0940. The molecule has 1 aliphatic rings. The van der Waals surface area contributed by atoms with Crippen LogP contribution in [0.4, 0.5) is 0 Å². The van der Waals surface area contributed by atoms with Crippen molar-refractivity contribution in [2.24, 2.45) is 0 Å². The van der Waals surface area contributed by atoms with Crippen LogP contribution in [0.2, 0.25) is 0 Å². The number of H-pyrrole nitrogens is 1. The Hall–Kier alpha value is -1.65. The van der Waals surface area contributed by atoms with Crippen LogP contribution < -0.4 is 0 Å². The Morgan fingerprint density at radius 2 is 2.05 bits per heavy atom. The summed E-state index contributed by atoms with van der Waals surface area (Å²) in [6.45, 7) is 0.908.